The van der Waals surface area contributed by atoms with Crippen molar-refractivity contribution in [2.75, 3.05) is 13.1 Å². The number of allylic oxidation sites excluding steroid dienone is 1. The Morgan fingerprint density at radius 3 is 2.60 bits per heavy atom. The number of piperidine rings is 1. The zero-order valence-corrected chi connectivity index (χ0v) is 11.9. The molecule has 2 heterocycles. The Morgan fingerprint density at radius 1 is 1.40 bits per heavy atom. The predicted molar refractivity (Wildman–Crippen MR) is 73.1 cm³/mol. The van der Waals surface area contributed by atoms with E-state index in [9.17, 15) is 9.90 Å². The minimum atomic E-state index is -0.895. The van der Waals surface area contributed by atoms with Crippen LogP contribution in [0.2, 0.25) is 0 Å². The smallest absolute Gasteiger partial charge is 0.332 e. The molecule has 3 N–H and O–H groups in total. The van der Waals surface area contributed by atoms with Crippen molar-refractivity contribution in [1.82, 2.24) is 25.9 Å². The van der Waals surface area contributed by atoms with Gasteiger partial charge in [-0.25, -0.2) is 4.79 Å². The average molecular weight is 279 g/mol. The van der Waals surface area contributed by atoms with Crippen molar-refractivity contribution in [1.29, 1.82) is 0 Å². The van der Waals surface area contributed by atoms with Crippen LogP contribution < -0.4 is 5.32 Å². The monoisotopic (exact) mass is 279 g/mol. The van der Waals surface area contributed by atoms with Crippen LogP contribution in [-0.2, 0) is 4.79 Å². The van der Waals surface area contributed by atoms with E-state index in [1.165, 1.54) is 0 Å². The standard InChI is InChI=1S/C13H21N5O2/c1-8(2)11(13(19)20)10(12-15-17-18-16-12)7-9-3-5-14-6-4-9/h9-10,14H,3-7H2,1-2H3,(H,19,20)(H,15,16,17,18). The van der Waals surface area contributed by atoms with Gasteiger partial charge in [-0.3, -0.25) is 0 Å². The fourth-order valence-corrected chi connectivity index (χ4v) is 2.83. The normalized spacial score (nSPS) is 17.7. The third-order valence-corrected chi connectivity index (χ3v) is 3.82. The number of hydrogen-bond donors (Lipinski definition) is 3. The number of rotatable bonds is 5. The average Bonchev–Trinajstić information content (AvgIpc) is 2.92. The molecule has 7 heteroatoms. The van der Waals surface area contributed by atoms with Gasteiger partial charge in [0.1, 0.15) is 0 Å². The molecule has 2 rings (SSSR count). The maximum atomic E-state index is 11.6. The summed E-state index contributed by atoms with van der Waals surface area (Å²) in [5.41, 5.74) is 1.19. The van der Waals surface area contributed by atoms with E-state index < -0.39 is 5.97 Å². The Morgan fingerprint density at radius 2 is 2.10 bits per heavy atom. The summed E-state index contributed by atoms with van der Waals surface area (Å²) in [4.78, 5) is 11.6. The Kier molecular flexibility index (Phi) is 4.84. The first-order valence-corrected chi connectivity index (χ1v) is 6.94. The second-order valence-corrected chi connectivity index (χ2v) is 5.47. The summed E-state index contributed by atoms with van der Waals surface area (Å²) in [7, 11) is 0. The summed E-state index contributed by atoms with van der Waals surface area (Å²) in [6.45, 7) is 5.61. The minimum absolute atomic E-state index is 0.292. The Bertz CT molecular complexity index is 473. The molecule has 1 aromatic heterocycles. The van der Waals surface area contributed by atoms with E-state index in [0.717, 1.165) is 37.9 Å². The van der Waals surface area contributed by atoms with Gasteiger partial charge in [0.05, 0.1) is 5.92 Å². The largest absolute Gasteiger partial charge is 0.478 e. The first kappa shape index (κ1) is 14.6. The molecule has 0 aliphatic carbocycles. The van der Waals surface area contributed by atoms with Crippen molar-refractivity contribution in [3.05, 3.63) is 17.0 Å². The molecule has 1 aromatic rings. The molecule has 1 fully saturated rings. The van der Waals surface area contributed by atoms with Gasteiger partial charge in [-0.2, -0.15) is 5.21 Å². The topological polar surface area (TPSA) is 104 Å². The highest BCUT2D eigenvalue weighted by molar-refractivity contribution is 5.89. The van der Waals surface area contributed by atoms with Crippen molar-refractivity contribution in [2.45, 2.75) is 39.0 Å². The number of nitrogens with zero attached hydrogens (tertiary/aromatic N) is 3. The predicted octanol–water partition coefficient (Wildman–Crippen LogP) is 1.09. The van der Waals surface area contributed by atoms with Gasteiger partial charge in [0.15, 0.2) is 5.82 Å². The van der Waals surface area contributed by atoms with Gasteiger partial charge in [0.25, 0.3) is 0 Å². The number of carboxylic acids is 1. The fourth-order valence-electron chi connectivity index (χ4n) is 2.83. The van der Waals surface area contributed by atoms with Crippen LogP contribution >= 0.6 is 0 Å². The van der Waals surface area contributed by atoms with Gasteiger partial charge in [-0.05, 0) is 52.1 Å². The van der Waals surface area contributed by atoms with Crippen LogP contribution in [0.25, 0.3) is 0 Å². The van der Waals surface area contributed by atoms with Crippen molar-refractivity contribution in [3.8, 4) is 0 Å². The number of nitrogens with one attached hydrogen (secondary N) is 2. The maximum absolute atomic E-state index is 11.6. The molecule has 0 spiro atoms. The summed E-state index contributed by atoms with van der Waals surface area (Å²) in [6, 6.07) is 0. The molecule has 1 aliphatic rings. The molecule has 1 unspecified atom stereocenters. The van der Waals surface area contributed by atoms with E-state index in [2.05, 4.69) is 25.9 Å². The molecule has 0 saturated carbocycles. The number of H-pyrrole nitrogens is 1. The minimum Gasteiger partial charge on any atom is -0.478 e. The van der Waals surface area contributed by atoms with Crippen molar-refractivity contribution < 1.29 is 9.90 Å². The molecule has 20 heavy (non-hydrogen) atoms. The van der Waals surface area contributed by atoms with Crippen LogP contribution in [-0.4, -0.2) is 44.8 Å². The van der Waals surface area contributed by atoms with Gasteiger partial charge < -0.3 is 10.4 Å². The van der Waals surface area contributed by atoms with Crippen molar-refractivity contribution in [3.63, 3.8) is 0 Å². The lowest BCUT2D eigenvalue weighted by atomic mass is 9.82. The number of carboxylic acid groups (broad SMARTS) is 1. The van der Waals surface area contributed by atoms with E-state index in [1.807, 2.05) is 13.8 Å². The Labute approximate surface area is 117 Å². The summed E-state index contributed by atoms with van der Waals surface area (Å²) < 4.78 is 0. The van der Waals surface area contributed by atoms with Gasteiger partial charge in [0.2, 0.25) is 0 Å². The lowest BCUT2D eigenvalue weighted by Gasteiger charge is -2.26. The molecular formula is C13H21N5O2. The Hall–Kier alpha value is -1.76. The molecule has 0 amide bonds. The van der Waals surface area contributed by atoms with Crippen LogP contribution in [0.5, 0.6) is 0 Å². The summed E-state index contributed by atoms with van der Waals surface area (Å²) in [5, 5.41) is 26.8. The number of aliphatic carboxylic acids is 1. The molecular weight excluding hydrogens is 258 g/mol. The summed E-state index contributed by atoms with van der Waals surface area (Å²) in [6.07, 6.45) is 2.88. The molecule has 7 nitrogen and oxygen atoms in total. The highest BCUT2D eigenvalue weighted by Crippen LogP contribution is 2.33. The van der Waals surface area contributed by atoms with Crippen LogP contribution in [0.15, 0.2) is 11.1 Å². The third kappa shape index (κ3) is 3.41. The first-order valence-electron chi connectivity index (χ1n) is 6.94. The number of aromatic nitrogens is 4. The van der Waals surface area contributed by atoms with Crippen LogP contribution in [0.4, 0.5) is 0 Å². The fraction of sp³-hybridized carbons (Fsp3) is 0.692. The number of tetrazole rings is 1. The van der Waals surface area contributed by atoms with Crippen molar-refractivity contribution >= 4 is 5.97 Å². The number of carbonyl (C=O) groups is 1. The van der Waals surface area contributed by atoms with E-state index in [1.54, 1.807) is 0 Å². The molecule has 0 radical (unpaired) electrons. The molecule has 0 aromatic carbocycles. The zero-order valence-electron chi connectivity index (χ0n) is 11.9. The quantitative estimate of drug-likeness (QED) is 0.697. The van der Waals surface area contributed by atoms with Gasteiger partial charge >= 0.3 is 5.97 Å². The molecule has 1 aliphatic heterocycles. The molecule has 1 atom stereocenters. The van der Waals surface area contributed by atoms with E-state index >= 15 is 0 Å². The number of hydrogen-bond acceptors (Lipinski definition) is 5. The lowest BCUT2D eigenvalue weighted by molar-refractivity contribution is -0.133. The lowest BCUT2D eigenvalue weighted by Crippen LogP contribution is -2.29. The van der Waals surface area contributed by atoms with E-state index in [0.29, 0.717) is 17.3 Å². The first-order chi connectivity index (χ1) is 9.59. The molecule has 0 bridgehead atoms. The van der Waals surface area contributed by atoms with E-state index in [4.69, 9.17) is 0 Å². The van der Waals surface area contributed by atoms with Crippen molar-refractivity contribution in [2.24, 2.45) is 5.92 Å². The summed E-state index contributed by atoms with van der Waals surface area (Å²) in [5.74, 6) is -0.219. The van der Waals surface area contributed by atoms with E-state index in [-0.39, 0.29) is 5.92 Å². The SMILES string of the molecule is CC(C)=C(C(=O)O)C(CC1CCNCC1)c1nn[nH]n1. The van der Waals surface area contributed by atoms with Gasteiger partial charge in [-0.15, -0.1) is 10.2 Å². The second kappa shape index (κ2) is 6.60. The molecule has 1 saturated heterocycles. The Balaban J connectivity index is 2.25. The van der Waals surface area contributed by atoms with Crippen LogP contribution in [0, 0.1) is 5.92 Å². The highest BCUT2D eigenvalue weighted by Gasteiger charge is 2.30. The van der Waals surface area contributed by atoms with Gasteiger partial charge in [-0.1, -0.05) is 10.8 Å². The summed E-state index contributed by atoms with van der Waals surface area (Å²) >= 11 is 0. The zero-order chi connectivity index (χ0) is 14.5. The van der Waals surface area contributed by atoms with Crippen LogP contribution in [0.3, 0.4) is 0 Å². The van der Waals surface area contributed by atoms with Gasteiger partial charge in [0, 0.05) is 5.57 Å². The maximum Gasteiger partial charge on any atom is 0.332 e. The highest BCUT2D eigenvalue weighted by atomic mass is 16.4. The molecule has 110 valence electrons. The second-order valence-electron chi connectivity index (χ2n) is 5.47. The third-order valence-electron chi connectivity index (χ3n) is 3.82. The number of aromatic amines is 1. The van der Waals surface area contributed by atoms with Crippen LogP contribution in [0.1, 0.15) is 44.9 Å².